The van der Waals surface area contributed by atoms with Gasteiger partial charge in [-0.25, -0.2) is 0 Å². The number of fused-ring (bicyclic) bond motifs is 7. The molecule has 23 atom stereocenters. The Bertz CT molecular complexity index is 1300. The van der Waals surface area contributed by atoms with Crippen LogP contribution in [0.25, 0.3) is 0 Å². The van der Waals surface area contributed by atoms with Gasteiger partial charge in [0.15, 0.2) is 18.4 Å². The molecule has 0 aromatic heterocycles. The van der Waals surface area contributed by atoms with E-state index in [-0.39, 0.29) is 40.8 Å². The summed E-state index contributed by atoms with van der Waals surface area (Å²) in [7, 11) is 0. The average Bonchev–Trinajstić information content (AvgIpc) is 3.55. The zero-order valence-electron chi connectivity index (χ0n) is 31.6. The van der Waals surface area contributed by atoms with Gasteiger partial charge in [-0.3, -0.25) is 0 Å². The SMILES string of the molecule is C[C@@H]1CC[C@@]2(OC1)O[C@H]1[C@H](O)[C@H]3[C@@H]4CC[C@@H]5C[C@@H](O[C@@H]6O[C@H](CO)[C@H](O)[C@H](O)[C@H]6O[C@@H]6O[C@H](CO)[C@@H](O)[C@H](O)[C@H]6O)CC[C@]5(C)[C@H]4CC[C@]3(C)[C@H]1[C@@H]2C. The zero-order chi connectivity index (χ0) is 37.8. The zero-order valence-corrected chi connectivity index (χ0v) is 31.6. The van der Waals surface area contributed by atoms with E-state index in [4.69, 9.17) is 28.4 Å². The monoisotopic (exact) mass is 756 g/mol. The summed E-state index contributed by atoms with van der Waals surface area (Å²) >= 11 is 0. The number of aliphatic hydroxyl groups is 8. The van der Waals surface area contributed by atoms with Crippen molar-refractivity contribution in [3.63, 3.8) is 0 Å². The maximum Gasteiger partial charge on any atom is 0.187 e. The van der Waals surface area contributed by atoms with E-state index < -0.39 is 86.5 Å². The van der Waals surface area contributed by atoms with Gasteiger partial charge in [-0.15, -0.1) is 0 Å². The molecule has 4 heterocycles. The molecule has 1 spiro atoms. The molecule has 0 aromatic rings. The second-order valence-electron chi connectivity index (χ2n) is 18.8. The minimum atomic E-state index is -1.73. The lowest BCUT2D eigenvalue weighted by atomic mass is 9.44. The molecule has 8 rings (SSSR count). The molecule has 14 heteroatoms. The molecule has 14 nitrogen and oxygen atoms in total. The first-order valence-corrected chi connectivity index (χ1v) is 20.4. The lowest BCUT2D eigenvalue weighted by Crippen LogP contribution is -2.65. The van der Waals surface area contributed by atoms with Crippen LogP contribution < -0.4 is 0 Å². The summed E-state index contributed by atoms with van der Waals surface area (Å²) in [5.41, 5.74) is 0.0217. The van der Waals surface area contributed by atoms with Gasteiger partial charge in [0.1, 0.15) is 48.8 Å². The first kappa shape index (κ1) is 39.3. The lowest BCUT2D eigenvalue weighted by Gasteiger charge is -2.61. The Morgan fingerprint density at radius 1 is 0.660 bits per heavy atom. The largest absolute Gasteiger partial charge is 0.394 e. The Morgan fingerprint density at radius 3 is 2.02 bits per heavy atom. The van der Waals surface area contributed by atoms with E-state index in [0.717, 1.165) is 51.4 Å². The Hall–Kier alpha value is -0.560. The van der Waals surface area contributed by atoms with Crippen molar-refractivity contribution in [1.29, 1.82) is 0 Å². The normalized spacial score (nSPS) is 59.5. The molecule has 0 bridgehead atoms. The highest BCUT2D eigenvalue weighted by Crippen LogP contribution is 2.71. The molecule has 53 heavy (non-hydrogen) atoms. The third-order valence-electron chi connectivity index (χ3n) is 16.2. The number of hydrogen-bond donors (Lipinski definition) is 8. The van der Waals surface area contributed by atoms with Gasteiger partial charge in [0.25, 0.3) is 0 Å². The Balaban J connectivity index is 0.956. The quantitative estimate of drug-likeness (QED) is 0.173. The van der Waals surface area contributed by atoms with E-state index in [1.807, 2.05) is 0 Å². The molecule has 304 valence electrons. The van der Waals surface area contributed by atoms with Crippen molar-refractivity contribution in [2.45, 2.75) is 171 Å². The fourth-order valence-electron chi connectivity index (χ4n) is 13.2. The van der Waals surface area contributed by atoms with E-state index in [1.54, 1.807) is 0 Å². The standard InChI is InChI=1S/C39H64O14/c1-17-7-12-39(48-16-17)18(2)25-33(53-39)29(44)26-21-6-5-19-13-20(8-10-37(19,3)22(21)9-11-38(25,26)4)49-36-34(31(46)28(43)24(15-41)51-36)52-35-32(47)30(45)27(42)23(14-40)50-35/h17-36,40-47H,5-16H2,1-4H3/t17-,18+,19-,20+,21-,22+,23-,24-,25+,26-,27-,28+,29-,30+,31+,32-,33-,34-,35+,36-,37+,38-,39-/m1/s1. The maximum absolute atomic E-state index is 12.1. The molecule has 4 saturated heterocycles. The highest BCUT2D eigenvalue weighted by molar-refractivity contribution is 5.18. The van der Waals surface area contributed by atoms with Crippen LogP contribution in [-0.2, 0) is 28.4 Å². The van der Waals surface area contributed by atoms with Crippen LogP contribution in [0.1, 0.15) is 85.5 Å². The molecular formula is C39H64O14. The third kappa shape index (κ3) is 6.11. The fourth-order valence-corrected chi connectivity index (χ4v) is 13.2. The minimum absolute atomic E-state index is 0.0208. The van der Waals surface area contributed by atoms with Crippen LogP contribution >= 0.6 is 0 Å². The van der Waals surface area contributed by atoms with E-state index in [2.05, 4.69) is 27.7 Å². The van der Waals surface area contributed by atoms with Crippen molar-refractivity contribution in [2.75, 3.05) is 19.8 Å². The van der Waals surface area contributed by atoms with Crippen molar-refractivity contribution in [3.8, 4) is 0 Å². The molecule has 4 aliphatic carbocycles. The van der Waals surface area contributed by atoms with Crippen molar-refractivity contribution < 1.29 is 69.3 Å². The molecule has 8 N–H and O–H groups in total. The van der Waals surface area contributed by atoms with Crippen LogP contribution in [-0.4, -0.2) is 146 Å². The summed E-state index contributed by atoms with van der Waals surface area (Å²) in [6.45, 7) is 8.83. The Kier molecular flexibility index (Phi) is 10.6. The van der Waals surface area contributed by atoms with Crippen LogP contribution in [0.3, 0.4) is 0 Å². The van der Waals surface area contributed by atoms with Crippen molar-refractivity contribution in [3.05, 3.63) is 0 Å². The predicted octanol–water partition coefficient (Wildman–Crippen LogP) is 0.413. The minimum Gasteiger partial charge on any atom is -0.394 e. The summed E-state index contributed by atoms with van der Waals surface area (Å²) < 4.78 is 37.3. The van der Waals surface area contributed by atoms with Gasteiger partial charge in [-0.1, -0.05) is 27.7 Å². The topological polar surface area (TPSA) is 217 Å². The predicted molar refractivity (Wildman–Crippen MR) is 184 cm³/mol. The van der Waals surface area contributed by atoms with Crippen LogP contribution in [0.4, 0.5) is 0 Å². The van der Waals surface area contributed by atoms with Gasteiger partial charge >= 0.3 is 0 Å². The smallest absolute Gasteiger partial charge is 0.187 e. The van der Waals surface area contributed by atoms with Crippen LogP contribution in [0.15, 0.2) is 0 Å². The second kappa shape index (κ2) is 14.4. The number of hydrogen-bond acceptors (Lipinski definition) is 14. The van der Waals surface area contributed by atoms with Gasteiger partial charge in [-0.05, 0) is 91.8 Å². The lowest BCUT2D eigenvalue weighted by molar-refractivity contribution is -0.373. The fraction of sp³-hybridized carbons (Fsp3) is 1.00. The van der Waals surface area contributed by atoms with E-state index in [0.29, 0.717) is 36.7 Å². The summed E-state index contributed by atoms with van der Waals surface area (Å²) in [4.78, 5) is 0. The number of aliphatic hydroxyl groups excluding tert-OH is 8. The third-order valence-corrected chi connectivity index (χ3v) is 16.2. The summed E-state index contributed by atoms with van der Waals surface area (Å²) in [6.07, 6.45) is -7.30. The van der Waals surface area contributed by atoms with Crippen LogP contribution in [0.2, 0.25) is 0 Å². The van der Waals surface area contributed by atoms with Gasteiger partial charge < -0.3 is 69.3 Å². The van der Waals surface area contributed by atoms with Gasteiger partial charge in [0.05, 0.1) is 38.1 Å². The summed E-state index contributed by atoms with van der Waals surface area (Å²) in [6, 6.07) is 0. The molecule has 0 unspecified atom stereocenters. The van der Waals surface area contributed by atoms with Gasteiger partial charge in [0, 0.05) is 18.3 Å². The van der Waals surface area contributed by atoms with E-state index in [9.17, 15) is 40.9 Å². The molecular weight excluding hydrogens is 692 g/mol. The summed E-state index contributed by atoms with van der Waals surface area (Å²) in [5.74, 6) is 1.79. The molecule has 0 amide bonds. The van der Waals surface area contributed by atoms with Gasteiger partial charge in [-0.2, -0.15) is 0 Å². The Labute approximate surface area is 312 Å². The molecule has 8 aliphatic rings. The van der Waals surface area contributed by atoms with Crippen LogP contribution in [0, 0.1) is 52.3 Å². The first-order chi connectivity index (χ1) is 25.2. The average molecular weight is 757 g/mol. The van der Waals surface area contributed by atoms with Crippen LogP contribution in [0.5, 0.6) is 0 Å². The first-order valence-electron chi connectivity index (χ1n) is 20.4. The highest BCUT2D eigenvalue weighted by Gasteiger charge is 2.72. The maximum atomic E-state index is 12.1. The van der Waals surface area contributed by atoms with Gasteiger partial charge in [0.2, 0.25) is 0 Å². The van der Waals surface area contributed by atoms with E-state index >= 15 is 0 Å². The van der Waals surface area contributed by atoms with Crippen molar-refractivity contribution >= 4 is 0 Å². The molecule has 0 aromatic carbocycles. The van der Waals surface area contributed by atoms with Crippen molar-refractivity contribution in [2.24, 2.45) is 52.3 Å². The molecule has 4 aliphatic heterocycles. The number of rotatable bonds is 6. The highest BCUT2D eigenvalue weighted by atomic mass is 16.8. The Morgan fingerprint density at radius 2 is 1.34 bits per heavy atom. The molecule has 4 saturated carbocycles. The van der Waals surface area contributed by atoms with E-state index in [1.165, 1.54) is 0 Å². The number of ether oxygens (including phenoxy) is 6. The summed E-state index contributed by atoms with van der Waals surface area (Å²) in [5, 5.41) is 84.8. The second-order valence-corrected chi connectivity index (χ2v) is 18.8. The molecule has 0 radical (unpaired) electrons. The molecule has 8 fully saturated rings. The van der Waals surface area contributed by atoms with Crippen molar-refractivity contribution in [1.82, 2.24) is 0 Å².